The number of unbranched alkanes of at least 4 members (excludes halogenated alkanes) is 5. The van der Waals surface area contributed by atoms with Crippen molar-refractivity contribution < 1.29 is 17.9 Å². The fourth-order valence-corrected chi connectivity index (χ4v) is 2.85. The summed E-state index contributed by atoms with van der Waals surface area (Å²) in [6.45, 7) is 2.67. The highest BCUT2D eigenvalue weighted by atomic mass is 19.4. The molecule has 2 rings (SSSR count). The minimum absolute atomic E-state index is 0.0316. The first-order valence-electron chi connectivity index (χ1n) is 8.91. The molecule has 2 aromatic carbocycles. The number of nitrogens with two attached hydrogens (primary N) is 1. The number of alkyl halides is 3. The minimum atomic E-state index is -4.47. The van der Waals surface area contributed by atoms with Crippen LogP contribution in [-0.4, -0.2) is 12.8 Å². The Kier molecular flexibility index (Phi) is 7.12. The van der Waals surface area contributed by atoms with E-state index in [0.717, 1.165) is 24.6 Å². The lowest BCUT2D eigenvalue weighted by atomic mass is 10.0. The van der Waals surface area contributed by atoms with Gasteiger partial charge in [-0.15, -0.1) is 0 Å². The molecular formula is C20H26F3NO. The van der Waals surface area contributed by atoms with E-state index in [1.165, 1.54) is 31.4 Å². The molecule has 0 amide bonds. The van der Waals surface area contributed by atoms with Crippen molar-refractivity contribution in [1.82, 2.24) is 0 Å². The van der Waals surface area contributed by atoms with Gasteiger partial charge < -0.3 is 10.5 Å². The van der Waals surface area contributed by atoms with Crippen molar-refractivity contribution >= 4 is 10.8 Å². The molecule has 0 saturated carbocycles. The molecule has 2 aromatic rings. The van der Waals surface area contributed by atoms with Crippen molar-refractivity contribution in [3.05, 3.63) is 42.0 Å². The zero-order valence-corrected chi connectivity index (χ0v) is 14.6. The van der Waals surface area contributed by atoms with Crippen molar-refractivity contribution in [1.29, 1.82) is 0 Å². The van der Waals surface area contributed by atoms with Crippen LogP contribution in [0.15, 0.2) is 36.4 Å². The Bertz CT molecular complexity index is 670. The number of rotatable bonds is 9. The van der Waals surface area contributed by atoms with Crippen LogP contribution in [0.4, 0.5) is 13.2 Å². The molecule has 0 bridgehead atoms. The van der Waals surface area contributed by atoms with Gasteiger partial charge in [-0.1, -0.05) is 63.3 Å². The highest BCUT2D eigenvalue weighted by molar-refractivity contribution is 5.89. The molecule has 1 atom stereocenters. The summed E-state index contributed by atoms with van der Waals surface area (Å²) in [4.78, 5) is 0. The molecule has 0 unspecified atom stereocenters. The summed E-state index contributed by atoms with van der Waals surface area (Å²) in [5, 5.41) is 1.52. The lowest BCUT2D eigenvalue weighted by Gasteiger charge is -2.18. The SMILES string of the molecule is CCCCCCCCOc1cc([C@H](N)C(F)(F)F)cc2ccccc12. The maximum Gasteiger partial charge on any atom is 0.407 e. The molecule has 2 N–H and O–H groups in total. The first-order valence-corrected chi connectivity index (χ1v) is 8.91. The van der Waals surface area contributed by atoms with Gasteiger partial charge in [0.15, 0.2) is 0 Å². The van der Waals surface area contributed by atoms with Gasteiger partial charge in [-0.25, -0.2) is 0 Å². The zero-order valence-electron chi connectivity index (χ0n) is 14.6. The Balaban J connectivity index is 2.09. The first-order chi connectivity index (χ1) is 11.9. The van der Waals surface area contributed by atoms with Crippen molar-refractivity contribution in [3.8, 4) is 5.75 Å². The van der Waals surface area contributed by atoms with E-state index in [0.29, 0.717) is 17.7 Å². The summed E-state index contributed by atoms with van der Waals surface area (Å²) in [5.74, 6) is 0.473. The quantitative estimate of drug-likeness (QED) is 0.549. The monoisotopic (exact) mass is 353 g/mol. The molecule has 5 heteroatoms. The molecule has 0 fully saturated rings. The van der Waals surface area contributed by atoms with Gasteiger partial charge in [0.25, 0.3) is 0 Å². The van der Waals surface area contributed by atoms with E-state index >= 15 is 0 Å². The largest absolute Gasteiger partial charge is 0.493 e. The van der Waals surface area contributed by atoms with Crippen LogP contribution in [0.1, 0.15) is 57.1 Å². The maximum absolute atomic E-state index is 13.0. The molecule has 0 aliphatic heterocycles. The molecule has 0 saturated heterocycles. The predicted octanol–water partition coefficient (Wildman–Crippen LogP) is 6.14. The van der Waals surface area contributed by atoms with Gasteiger partial charge in [0.1, 0.15) is 11.8 Å². The highest BCUT2D eigenvalue weighted by Crippen LogP contribution is 2.35. The van der Waals surface area contributed by atoms with Crippen molar-refractivity contribution in [2.24, 2.45) is 5.73 Å². The van der Waals surface area contributed by atoms with Gasteiger partial charge in [0.2, 0.25) is 0 Å². The van der Waals surface area contributed by atoms with Gasteiger partial charge in [-0.05, 0) is 29.5 Å². The standard InChI is InChI=1S/C20H26F3NO/c1-2-3-4-5-6-9-12-25-18-14-16(19(24)20(21,22)23)13-15-10-7-8-11-17(15)18/h7-8,10-11,13-14,19H,2-6,9,12,24H2,1H3/t19-/m0/s1. The topological polar surface area (TPSA) is 35.2 Å². The van der Waals surface area contributed by atoms with E-state index in [2.05, 4.69) is 6.92 Å². The normalized spacial score (nSPS) is 13.2. The van der Waals surface area contributed by atoms with Crippen LogP contribution in [0.3, 0.4) is 0 Å². The van der Waals surface area contributed by atoms with Crippen molar-refractivity contribution in [2.45, 2.75) is 57.7 Å². The molecule has 25 heavy (non-hydrogen) atoms. The molecule has 138 valence electrons. The van der Waals surface area contributed by atoms with Gasteiger partial charge in [-0.2, -0.15) is 13.2 Å². The molecular weight excluding hydrogens is 327 g/mol. The van der Waals surface area contributed by atoms with E-state index in [9.17, 15) is 13.2 Å². The lowest BCUT2D eigenvalue weighted by molar-refractivity contribution is -0.149. The number of ether oxygens (including phenoxy) is 1. The van der Waals surface area contributed by atoms with Crippen molar-refractivity contribution in [2.75, 3.05) is 6.61 Å². The predicted molar refractivity (Wildman–Crippen MR) is 95.8 cm³/mol. The third kappa shape index (κ3) is 5.63. The van der Waals surface area contributed by atoms with E-state index < -0.39 is 12.2 Å². The summed E-state index contributed by atoms with van der Waals surface area (Å²) < 4.78 is 44.7. The Labute approximate surface area is 147 Å². The van der Waals surface area contributed by atoms with Crippen LogP contribution in [0.25, 0.3) is 10.8 Å². The highest BCUT2D eigenvalue weighted by Gasteiger charge is 2.38. The number of benzene rings is 2. The Hall–Kier alpha value is -1.75. The minimum Gasteiger partial charge on any atom is -0.493 e. The van der Waals surface area contributed by atoms with Crippen LogP contribution < -0.4 is 10.5 Å². The van der Waals surface area contributed by atoms with Crippen LogP contribution in [0.5, 0.6) is 5.75 Å². The molecule has 0 spiro atoms. The lowest BCUT2D eigenvalue weighted by Crippen LogP contribution is -2.28. The average molecular weight is 353 g/mol. The Morgan fingerprint density at radius 3 is 2.40 bits per heavy atom. The van der Waals surface area contributed by atoms with Gasteiger partial charge >= 0.3 is 6.18 Å². The second kappa shape index (κ2) is 9.09. The second-order valence-corrected chi connectivity index (χ2v) is 6.38. The van der Waals surface area contributed by atoms with Crippen LogP contribution in [0.2, 0.25) is 0 Å². The van der Waals surface area contributed by atoms with Crippen LogP contribution in [0, 0.1) is 0 Å². The van der Waals surface area contributed by atoms with Gasteiger partial charge in [0, 0.05) is 5.39 Å². The Morgan fingerprint density at radius 1 is 1.00 bits per heavy atom. The third-order valence-electron chi connectivity index (χ3n) is 4.31. The first kappa shape index (κ1) is 19.6. The summed E-state index contributed by atoms with van der Waals surface area (Å²) >= 11 is 0. The summed E-state index contributed by atoms with van der Waals surface area (Å²) in [5.41, 5.74) is 5.41. The van der Waals surface area contributed by atoms with E-state index in [1.54, 1.807) is 12.1 Å². The fourth-order valence-electron chi connectivity index (χ4n) is 2.85. The number of hydrogen-bond donors (Lipinski definition) is 1. The number of fused-ring (bicyclic) bond motifs is 1. The molecule has 2 nitrogen and oxygen atoms in total. The average Bonchev–Trinajstić information content (AvgIpc) is 2.59. The van der Waals surface area contributed by atoms with E-state index in [1.807, 2.05) is 12.1 Å². The van der Waals surface area contributed by atoms with Crippen LogP contribution >= 0.6 is 0 Å². The second-order valence-electron chi connectivity index (χ2n) is 6.38. The van der Waals surface area contributed by atoms with E-state index in [4.69, 9.17) is 10.5 Å². The molecule has 0 radical (unpaired) electrons. The zero-order chi connectivity index (χ0) is 18.3. The van der Waals surface area contributed by atoms with Crippen molar-refractivity contribution in [3.63, 3.8) is 0 Å². The van der Waals surface area contributed by atoms with Gasteiger partial charge in [0.05, 0.1) is 6.61 Å². The third-order valence-corrected chi connectivity index (χ3v) is 4.31. The van der Waals surface area contributed by atoms with E-state index in [-0.39, 0.29) is 5.56 Å². The Morgan fingerprint density at radius 2 is 1.68 bits per heavy atom. The summed E-state index contributed by atoms with van der Waals surface area (Å²) in [7, 11) is 0. The summed E-state index contributed by atoms with van der Waals surface area (Å²) in [6.07, 6.45) is 2.32. The number of hydrogen-bond acceptors (Lipinski definition) is 2. The van der Waals surface area contributed by atoms with Gasteiger partial charge in [-0.3, -0.25) is 0 Å². The fraction of sp³-hybridized carbons (Fsp3) is 0.500. The van der Waals surface area contributed by atoms with Crippen LogP contribution in [-0.2, 0) is 0 Å². The summed E-state index contributed by atoms with van der Waals surface area (Å²) in [6, 6.07) is 8.19. The molecule has 0 aliphatic rings. The maximum atomic E-state index is 13.0. The smallest absolute Gasteiger partial charge is 0.407 e. The molecule has 0 aromatic heterocycles. The number of halogens is 3. The molecule has 0 heterocycles. The molecule has 0 aliphatic carbocycles.